The summed E-state index contributed by atoms with van der Waals surface area (Å²) in [6.45, 7) is 0. The van der Waals surface area contributed by atoms with Crippen LogP contribution in [0, 0.1) is 16.7 Å². The Hall–Kier alpha value is -2.46. The normalized spacial score (nSPS) is 10.4. The molecule has 7 heteroatoms. The van der Waals surface area contributed by atoms with E-state index in [0.717, 1.165) is 5.56 Å². The molecular weight excluding hydrogens is 236 g/mol. The number of nitriles is 1. The highest BCUT2D eigenvalue weighted by molar-refractivity contribution is 7.80. The highest BCUT2D eigenvalue weighted by Gasteiger charge is 2.01. The molecule has 0 aliphatic carbocycles. The van der Waals surface area contributed by atoms with Crippen molar-refractivity contribution in [2.45, 2.75) is 0 Å². The predicted octanol–water partition coefficient (Wildman–Crippen LogP) is 0.548. The summed E-state index contributed by atoms with van der Waals surface area (Å²) >= 11 is 4.81. The number of nitrogens with zero attached hydrogens (tertiary/aromatic N) is 2. The van der Waals surface area contributed by atoms with E-state index in [1.54, 1.807) is 30.3 Å². The second kappa shape index (κ2) is 5.58. The van der Waals surface area contributed by atoms with Crippen LogP contribution < -0.4 is 16.9 Å². The van der Waals surface area contributed by atoms with Gasteiger partial charge in [-0.25, -0.2) is 0 Å². The van der Waals surface area contributed by atoms with Gasteiger partial charge in [0.05, 0.1) is 5.69 Å². The number of benzene rings is 1. The van der Waals surface area contributed by atoms with E-state index in [1.165, 1.54) is 0 Å². The molecule has 1 aromatic rings. The first-order chi connectivity index (χ1) is 8.04. The third-order valence-electron chi connectivity index (χ3n) is 1.83. The molecule has 1 rings (SSSR count). The first kappa shape index (κ1) is 12.6. The Kier molecular flexibility index (Phi) is 4.14. The first-order valence-electron chi connectivity index (χ1n) is 4.52. The minimum Gasteiger partial charge on any atom is -0.389 e. The topological polar surface area (TPSA) is 124 Å². The molecule has 0 aliphatic heterocycles. The molecule has 17 heavy (non-hydrogen) atoms. The fraction of sp³-hybridized carbons (Fsp3) is 0. The van der Waals surface area contributed by atoms with Crippen molar-refractivity contribution in [2.75, 3.05) is 5.43 Å². The van der Waals surface area contributed by atoms with E-state index in [0.29, 0.717) is 10.7 Å². The summed E-state index contributed by atoms with van der Waals surface area (Å²) in [6.07, 6.45) is 0. The van der Waals surface area contributed by atoms with Gasteiger partial charge in [-0.2, -0.15) is 10.4 Å². The van der Waals surface area contributed by atoms with E-state index >= 15 is 0 Å². The number of anilines is 1. The Labute approximate surface area is 103 Å². The summed E-state index contributed by atoms with van der Waals surface area (Å²) in [5.41, 5.74) is 14.4. The van der Waals surface area contributed by atoms with Crippen LogP contribution in [0.4, 0.5) is 5.69 Å². The van der Waals surface area contributed by atoms with E-state index in [1.807, 2.05) is 0 Å². The number of hydrazone groups is 1. The average Bonchev–Trinajstić information content (AvgIpc) is 2.30. The summed E-state index contributed by atoms with van der Waals surface area (Å²) in [7, 11) is 0. The fourth-order valence-electron chi connectivity index (χ4n) is 0.975. The highest BCUT2D eigenvalue weighted by atomic mass is 32.1. The van der Waals surface area contributed by atoms with Crippen molar-refractivity contribution in [3.05, 3.63) is 29.8 Å². The molecular formula is C10H10N6S. The summed E-state index contributed by atoms with van der Waals surface area (Å²) in [4.78, 5) is 0.307. The van der Waals surface area contributed by atoms with Crippen LogP contribution in [0.15, 0.2) is 29.4 Å². The van der Waals surface area contributed by atoms with Gasteiger partial charge in [-0.3, -0.25) is 10.8 Å². The van der Waals surface area contributed by atoms with Gasteiger partial charge in [0.2, 0.25) is 5.71 Å². The summed E-state index contributed by atoms with van der Waals surface area (Å²) in [5.74, 6) is -0.389. The highest BCUT2D eigenvalue weighted by Crippen LogP contribution is 2.09. The second-order valence-corrected chi connectivity index (χ2v) is 3.48. The molecule has 0 amide bonds. The Morgan fingerprint density at radius 3 is 2.35 bits per heavy atom. The molecule has 0 saturated carbocycles. The Bertz CT molecular complexity index is 511. The van der Waals surface area contributed by atoms with Crippen LogP contribution >= 0.6 is 12.2 Å². The molecule has 6 N–H and O–H groups in total. The molecule has 0 radical (unpaired) electrons. The van der Waals surface area contributed by atoms with Gasteiger partial charge in [0.25, 0.3) is 0 Å². The lowest BCUT2D eigenvalue weighted by Gasteiger charge is -2.02. The van der Waals surface area contributed by atoms with E-state index in [-0.39, 0.29) is 11.5 Å². The molecule has 0 bridgehead atoms. The smallest absolute Gasteiger partial charge is 0.201 e. The first-order valence-corrected chi connectivity index (χ1v) is 4.93. The van der Waals surface area contributed by atoms with Crippen molar-refractivity contribution >= 4 is 34.4 Å². The van der Waals surface area contributed by atoms with Crippen LogP contribution in [0.5, 0.6) is 0 Å². The Balaban J connectivity index is 2.80. The number of nitrogens with one attached hydrogen (secondary N) is 2. The fourth-order valence-corrected chi connectivity index (χ4v) is 1.11. The van der Waals surface area contributed by atoms with Crippen molar-refractivity contribution in [3.63, 3.8) is 0 Å². The minimum absolute atomic E-state index is 0.177. The Morgan fingerprint density at radius 2 is 1.94 bits per heavy atom. The molecule has 1 aromatic carbocycles. The third-order valence-corrected chi connectivity index (χ3v) is 2.06. The zero-order chi connectivity index (χ0) is 12.8. The molecule has 0 atom stereocenters. The van der Waals surface area contributed by atoms with Crippen LogP contribution in [0.1, 0.15) is 5.56 Å². The van der Waals surface area contributed by atoms with Crippen molar-refractivity contribution in [1.82, 2.24) is 0 Å². The minimum atomic E-state index is -0.389. The lowest BCUT2D eigenvalue weighted by Crippen LogP contribution is -2.21. The maximum Gasteiger partial charge on any atom is 0.201 e. The molecule has 0 heterocycles. The van der Waals surface area contributed by atoms with Crippen LogP contribution in [0.3, 0.4) is 0 Å². The van der Waals surface area contributed by atoms with Crippen molar-refractivity contribution < 1.29 is 0 Å². The lowest BCUT2D eigenvalue weighted by molar-refractivity contribution is 1.33. The summed E-state index contributed by atoms with van der Waals surface area (Å²) < 4.78 is 0. The standard InChI is InChI=1S/C10H10N6S/c11-5-8(9(12)13)16-15-7-3-1-6(2-4-7)10(14)17/h1-4,15H,(H3,12,13)(H2,14,17)/b16-8+. The molecule has 86 valence electrons. The van der Waals surface area contributed by atoms with Crippen LogP contribution in [0.2, 0.25) is 0 Å². The lowest BCUT2D eigenvalue weighted by atomic mass is 10.2. The van der Waals surface area contributed by atoms with Gasteiger partial charge in [-0.1, -0.05) is 12.2 Å². The average molecular weight is 246 g/mol. The van der Waals surface area contributed by atoms with E-state index in [4.69, 9.17) is 34.4 Å². The number of amidine groups is 1. The monoisotopic (exact) mass is 246 g/mol. The molecule has 0 aliphatic rings. The van der Waals surface area contributed by atoms with Gasteiger partial charge in [0.1, 0.15) is 11.1 Å². The molecule has 0 spiro atoms. The SMILES string of the molecule is N#C/C(=N\Nc1ccc(C(N)=S)cc1)C(=N)N. The second-order valence-electron chi connectivity index (χ2n) is 3.04. The van der Waals surface area contributed by atoms with E-state index in [9.17, 15) is 0 Å². The van der Waals surface area contributed by atoms with Gasteiger partial charge < -0.3 is 11.5 Å². The number of thiocarbonyl (C=S) groups is 1. The molecule has 0 fully saturated rings. The quantitative estimate of drug-likeness (QED) is 0.267. The van der Waals surface area contributed by atoms with Gasteiger partial charge in [0, 0.05) is 5.56 Å². The van der Waals surface area contributed by atoms with Crippen molar-refractivity contribution in [3.8, 4) is 6.07 Å². The van der Waals surface area contributed by atoms with Crippen molar-refractivity contribution in [2.24, 2.45) is 16.6 Å². The molecule has 0 saturated heterocycles. The van der Waals surface area contributed by atoms with Gasteiger partial charge in [0.15, 0.2) is 5.84 Å². The summed E-state index contributed by atoms with van der Waals surface area (Å²) in [5, 5.41) is 19.4. The van der Waals surface area contributed by atoms with E-state index in [2.05, 4.69) is 10.5 Å². The zero-order valence-corrected chi connectivity index (χ0v) is 9.58. The molecule has 6 nitrogen and oxygen atoms in total. The predicted molar refractivity (Wildman–Crippen MR) is 70.9 cm³/mol. The number of rotatable bonds is 4. The van der Waals surface area contributed by atoms with Gasteiger partial charge in [-0.05, 0) is 24.3 Å². The van der Waals surface area contributed by atoms with Crippen LogP contribution in [0.25, 0.3) is 0 Å². The number of hydrogen-bond donors (Lipinski definition) is 4. The van der Waals surface area contributed by atoms with E-state index < -0.39 is 0 Å². The third kappa shape index (κ3) is 3.55. The maximum absolute atomic E-state index is 8.62. The van der Waals surface area contributed by atoms with Crippen LogP contribution in [-0.4, -0.2) is 16.5 Å². The van der Waals surface area contributed by atoms with Crippen molar-refractivity contribution in [1.29, 1.82) is 10.7 Å². The van der Waals surface area contributed by atoms with Gasteiger partial charge in [-0.15, -0.1) is 0 Å². The maximum atomic E-state index is 8.62. The molecule has 0 unspecified atom stereocenters. The number of hydrogen-bond acceptors (Lipinski definition) is 5. The number of nitrogens with two attached hydrogens (primary N) is 2. The largest absolute Gasteiger partial charge is 0.389 e. The molecule has 0 aromatic heterocycles. The Morgan fingerprint density at radius 1 is 1.35 bits per heavy atom. The van der Waals surface area contributed by atoms with Gasteiger partial charge >= 0.3 is 0 Å². The zero-order valence-electron chi connectivity index (χ0n) is 8.77. The van der Waals surface area contributed by atoms with Crippen LogP contribution in [-0.2, 0) is 0 Å². The summed E-state index contributed by atoms with van der Waals surface area (Å²) in [6, 6.07) is 8.55.